The number of nitro groups is 1. The maximum atomic E-state index is 12.3. The Labute approximate surface area is 132 Å². The summed E-state index contributed by atoms with van der Waals surface area (Å²) in [6.07, 6.45) is 0.0389. The van der Waals surface area contributed by atoms with Gasteiger partial charge in [0.25, 0.3) is 15.7 Å². The highest BCUT2D eigenvalue weighted by atomic mass is 32.2. The summed E-state index contributed by atoms with van der Waals surface area (Å²) in [6.45, 7) is 0. The lowest BCUT2D eigenvalue weighted by molar-refractivity contribution is -0.387. The first kappa shape index (κ1) is 16.4. The number of hydrogen-bond acceptors (Lipinski definition) is 5. The van der Waals surface area contributed by atoms with Crippen LogP contribution < -0.4 is 10.5 Å². The van der Waals surface area contributed by atoms with E-state index < -0.39 is 31.4 Å². The van der Waals surface area contributed by atoms with Crippen LogP contribution in [0.15, 0.2) is 53.4 Å². The Morgan fingerprint density at radius 3 is 2.30 bits per heavy atom. The first-order valence-corrected chi connectivity index (χ1v) is 7.91. The number of rotatable bonds is 6. The molecular weight excluding hydrogens is 322 g/mol. The Morgan fingerprint density at radius 1 is 1.13 bits per heavy atom. The van der Waals surface area contributed by atoms with Gasteiger partial charge >= 0.3 is 0 Å². The third-order valence-corrected chi connectivity index (χ3v) is 4.36. The zero-order chi connectivity index (χ0) is 17.0. The van der Waals surface area contributed by atoms with E-state index in [0.29, 0.717) is 5.56 Å². The van der Waals surface area contributed by atoms with Gasteiger partial charge in [-0.3, -0.25) is 19.6 Å². The molecule has 8 nitrogen and oxygen atoms in total. The molecule has 2 aromatic carbocycles. The fourth-order valence-corrected chi connectivity index (χ4v) is 3.17. The van der Waals surface area contributed by atoms with Crippen LogP contribution in [-0.4, -0.2) is 19.2 Å². The summed E-state index contributed by atoms with van der Waals surface area (Å²) < 4.78 is 26.9. The third kappa shape index (κ3) is 4.04. The summed E-state index contributed by atoms with van der Waals surface area (Å²) in [6, 6.07) is 11.0. The van der Waals surface area contributed by atoms with Crippen molar-refractivity contribution < 1.29 is 18.1 Å². The van der Waals surface area contributed by atoms with Gasteiger partial charge in [0, 0.05) is 11.8 Å². The van der Waals surface area contributed by atoms with Crippen molar-refractivity contribution >= 4 is 27.3 Å². The van der Waals surface area contributed by atoms with E-state index in [1.165, 1.54) is 24.3 Å². The number of carbonyl (C=O) groups is 1. The number of anilines is 1. The molecule has 0 aliphatic rings. The molecule has 0 radical (unpaired) electrons. The third-order valence-electron chi connectivity index (χ3n) is 2.94. The molecule has 0 aliphatic carbocycles. The van der Waals surface area contributed by atoms with Crippen LogP contribution in [0.2, 0.25) is 0 Å². The second kappa shape index (κ2) is 6.44. The first-order chi connectivity index (χ1) is 10.8. The van der Waals surface area contributed by atoms with Crippen molar-refractivity contribution in [3.63, 3.8) is 0 Å². The van der Waals surface area contributed by atoms with E-state index in [9.17, 15) is 23.3 Å². The lowest BCUT2D eigenvalue weighted by Gasteiger charge is -2.09. The summed E-state index contributed by atoms with van der Waals surface area (Å²) in [7, 11) is -4.11. The van der Waals surface area contributed by atoms with E-state index >= 15 is 0 Å². The molecule has 1 amide bonds. The van der Waals surface area contributed by atoms with Crippen LogP contribution in [0, 0.1) is 10.1 Å². The van der Waals surface area contributed by atoms with Crippen LogP contribution in [-0.2, 0) is 21.2 Å². The molecule has 0 aromatic heterocycles. The molecule has 0 spiro atoms. The number of nitrogens with two attached hydrogens (primary N) is 1. The van der Waals surface area contributed by atoms with E-state index in [-0.39, 0.29) is 12.1 Å². The molecule has 0 atom stereocenters. The molecule has 0 unspecified atom stereocenters. The molecule has 2 rings (SSSR count). The molecule has 9 heteroatoms. The zero-order valence-electron chi connectivity index (χ0n) is 11.8. The highest BCUT2D eigenvalue weighted by Crippen LogP contribution is 2.25. The fraction of sp³-hybridized carbons (Fsp3) is 0.0714. The SMILES string of the molecule is NC(=O)Cc1ccc(NS(=O)(=O)c2ccccc2[N+](=O)[O-])cc1. The Balaban J connectivity index is 2.28. The van der Waals surface area contributed by atoms with Gasteiger partial charge in [-0.1, -0.05) is 24.3 Å². The predicted octanol–water partition coefficient (Wildman–Crippen LogP) is 1.42. The smallest absolute Gasteiger partial charge is 0.289 e. The van der Waals surface area contributed by atoms with Crippen LogP contribution in [0.4, 0.5) is 11.4 Å². The highest BCUT2D eigenvalue weighted by Gasteiger charge is 2.25. The average molecular weight is 335 g/mol. The van der Waals surface area contributed by atoms with E-state index in [1.807, 2.05) is 0 Å². The van der Waals surface area contributed by atoms with Gasteiger partial charge in [-0.2, -0.15) is 0 Å². The number of hydrogen-bond donors (Lipinski definition) is 2. The fourth-order valence-electron chi connectivity index (χ4n) is 1.94. The van der Waals surface area contributed by atoms with Crippen LogP contribution in [0.3, 0.4) is 0 Å². The predicted molar refractivity (Wildman–Crippen MR) is 83.2 cm³/mol. The Hall–Kier alpha value is -2.94. The van der Waals surface area contributed by atoms with Gasteiger partial charge in [0.05, 0.1) is 11.3 Å². The summed E-state index contributed by atoms with van der Waals surface area (Å²) in [5.74, 6) is -0.502. The molecule has 2 aromatic rings. The zero-order valence-corrected chi connectivity index (χ0v) is 12.6. The van der Waals surface area contributed by atoms with E-state index in [2.05, 4.69) is 4.72 Å². The Morgan fingerprint density at radius 2 is 1.74 bits per heavy atom. The maximum Gasteiger partial charge on any atom is 0.289 e. The summed E-state index contributed by atoms with van der Waals surface area (Å²) in [5, 5.41) is 10.9. The maximum absolute atomic E-state index is 12.3. The Kier molecular flexibility index (Phi) is 4.60. The second-order valence-electron chi connectivity index (χ2n) is 4.67. The highest BCUT2D eigenvalue weighted by molar-refractivity contribution is 7.92. The summed E-state index contributed by atoms with van der Waals surface area (Å²) >= 11 is 0. The van der Waals surface area contributed by atoms with Crippen molar-refractivity contribution in [2.75, 3.05) is 4.72 Å². The van der Waals surface area contributed by atoms with Gasteiger partial charge < -0.3 is 5.73 Å². The molecule has 0 saturated heterocycles. The van der Waals surface area contributed by atoms with Gasteiger partial charge in [-0.05, 0) is 23.8 Å². The van der Waals surface area contributed by atoms with Crippen molar-refractivity contribution in [1.29, 1.82) is 0 Å². The van der Waals surface area contributed by atoms with Gasteiger partial charge in [0.2, 0.25) is 5.91 Å². The Bertz CT molecular complexity index is 847. The normalized spacial score (nSPS) is 11.0. The minimum atomic E-state index is -4.11. The molecule has 0 heterocycles. The number of primary amides is 1. The largest absolute Gasteiger partial charge is 0.369 e. The topological polar surface area (TPSA) is 132 Å². The summed E-state index contributed by atoms with van der Waals surface area (Å²) in [4.78, 5) is 20.6. The van der Waals surface area contributed by atoms with E-state index in [4.69, 9.17) is 5.73 Å². The molecular formula is C14H13N3O5S. The molecule has 0 saturated carbocycles. The monoisotopic (exact) mass is 335 g/mol. The lowest BCUT2D eigenvalue weighted by atomic mass is 10.1. The molecule has 0 fully saturated rings. The van der Waals surface area contributed by atoms with Gasteiger partial charge in [-0.25, -0.2) is 8.42 Å². The molecule has 23 heavy (non-hydrogen) atoms. The second-order valence-corrected chi connectivity index (χ2v) is 6.32. The number of nitrogens with one attached hydrogen (secondary N) is 1. The number of para-hydroxylation sites is 1. The first-order valence-electron chi connectivity index (χ1n) is 6.43. The minimum Gasteiger partial charge on any atom is -0.369 e. The number of benzene rings is 2. The number of nitro benzene ring substituents is 1. The number of amides is 1. The average Bonchev–Trinajstić information content (AvgIpc) is 2.48. The molecule has 120 valence electrons. The minimum absolute atomic E-state index is 0.0389. The van der Waals surface area contributed by atoms with Gasteiger partial charge in [0.15, 0.2) is 4.90 Å². The van der Waals surface area contributed by atoms with Crippen molar-refractivity contribution in [3.05, 3.63) is 64.2 Å². The number of carbonyl (C=O) groups excluding carboxylic acids is 1. The number of nitrogens with zero attached hydrogens (tertiary/aromatic N) is 1. The van der Waals surface area contributed by atoms with Crippen LogP contribution in [0.1, 0.15) is 5.56 Å². The summed E-state index contributed by atoms with van der Waals surface area (Å²) in [5.41, 5.74) is 5.41. The van der Waals surface area contributed by atoms with Crippen molar-refractivity contribution in [1.82, 2.24) is 0 Å². The lowest BCUT2D eigenvalue weighted by Crippen LogP contribution is -2.15. The van der Waals surface area contributed by atoms with Crippen LogP contribution in [0.25, 0.3) is 0 Å². The van der Waals surface area contributed by atoms with E-state index in [0.717, 1.165) is 12.1 Å². The number of sulfonamides is 1. The van der Waals surface area contributed by atoms with E-state index in [1.54, 1.807) is 12.1 Å². The van der Waals surface area contributed by atoms with Gasteiger partial charge in [-0.15, -0.1) is 0 Å². The van der Waals surface area contributed by atoms with Gasteiger partial charge in [0.1, 0.15) is 0 Å². The van der Waals surface area contributed by atoms with Crippen LogP contribution in [0.5, 0.6) is 0 Å². The van der Waals surface area contributed by atoms with Crippen LogP contribution >= 0.6 is 0 Å². The molecule has 3 N–H and O–H groups in total. The molecule has 0 bridgehead atoms. The van der Waals surface area contributed by atoms with Crippen molar-refractivity contribution in [3.8, 4) is 0 Å². The molecule has 0 aliphatic heterocycles. The van der Waals surface area contributed by atoms with Crippen molar-refractivity contribution in [2.45, 2.75) is 11.3 Å². The van der Waals surface area contributed by atoms with Crippen molar-refractivity contribution in [2.24, 2.45) is 5.73 Å². The quantitative estimate of drug-likeness (QED) is 0.608. The standard InChI is InChI=1S/C14H13N3O5S/c15-14(18)9-10-5-7-11(8-6-10)16-23(21,22)13-4-2-1-3-12(13)17(19)20/h1-8,16H,9H2,(H2,15,18).